The van der Waals surface area contributed by atoms with Gasteiger partial charge in [-0.25, -0.2) is 4.39 Å². The van der Waals surface area contributed by atoms with Crippen LogP contribution in [0, 0.1) is 18.7 Å². The van der Waals surface area contributed by atoms with Crippen molar-refractivity contribution in [2.45, 2.75) is 38.8 Å². The van der Waals surface area contributed by atoms with Gasteiger partial charge in [-0.2, -0.15) is 8.42 Å². The number of carbonyl (C=O) groups is 2. The van der Waals surface area contributed by atoms with Crippen LogP contribution in [0.25, 0.3) is 0 Å². The lowest BCUT2D eigenvalue weighted by Crippen LogP contribution is -2.55. The number of nitrogens with zero attached hydrogens (tertiary/aromatic N) is 1. The lowest BCUT2D eigenvalue weighted by atomic mass is 9.78. The van der Waals surface area contributed by atoms with Crippen LogP contribution in [0.2, 0.25) is 0 Å². The number of amides is 1. The summed E-state index contributed by atoms with van der Waals surface area (Å²) in [4.78, 5) is 26.6. The molecule has 0 aromatic heterocycles. The molecule has 4 rings (SSSR count). The Morgan fingerprint density at radius 3 is 2.22 bits per heavy atom. The molecule has 0 spiro atoms. The summed E-state index contributed by atoms with van der Waals surface area (Å²) in [6, 6.07) is 18.7. The molecule has 10 heteroatoms. The van der Waals surface area contributed by atoms with Gasteiger partial charge in [-0.3, -0.25) is 14.1 Å². The van der Waals surface area contributed by atoms with Crippen molar-refractivity contribution >= 4 is 28.0 Å². The number of halogens is 1. The Balaban J connectivity index is 1.60. The number of rotatable bonds is 9. The van der Waals surface area contributed by atoms with E-state index in [-0.39, 0.29) is 11.7 Å². The Kier molecular flexibility index (Phi) is 7.60. The minimum absolute atomic E-state index is 0.0870. The van der Waals surface area contributed by atoms with Gasteiger partial charge in [0.25, 0.3) is 0 Å². The first-order valence-electron chi connectivity index (χ1n) is 11.6. The van der Waals surface area contributed by atoms with Gasteiger partial charge < -0.3 is 13.8 Å². The normalized spacial score (nSPS) is 18.2. The smallest absolute Gasteiger partial charge is 0.446 e. The molecule has 1 amide bonds. The van der Waals surface area contributed by atoms with Crippen LogP contribution in [-0.2, 0) is 24.7 Å². The molecule has 0 bridgehead atoms. The molecule has 194 valence electrons. The standard InChI is InChI=1S/C27H26FNO7S/c1-17-3-5-19(6-4-17)25(35-18(2)30)16-15-24-26(20-7-13-23(14-8-20)36-37(32,33)34)29(27(24)31)22-11-9-21(28)10-12-22/h3-14,24-26H,15-16H2,1-2H3,(H,32,33,34). The number of esters is 1. The first-order valence-corrected chi connectivity index (χ1v) is 13.0. The molecule has 3 atom stereocenters. The summed E-state index contributed by atoms with van der Waals surface area (Å²) < 4.78 is 54.5. The second-order valence-corrected chi connectivity index (χ2v) is 9.92. The van der Waals surface area contributed by atoms with Crippen molar-refractivity contribution < 1.29 is 35.9 Å². The number of benzene rings is 3. The molecule has 0 aliphatic carbocycles. The van der Waals surface area contributed by atoms with E-state index < -0.39 is 40.2 Å². The number of β-lactam (4-membered cyclic amide) rings is 1. The van der Waals surface area contributed by atoms with E-state index in [0.29, 0.717) is 24.1 Å². The Bertz CT molecular complexity index is 1370. The number of carbonyl (C=O) groups excluding carboxylic acids is 2. The average Bonchev–Trinajstić information content (AvgIpc) is 2.83. The van der Waals surface area contributed by atoms with Gasteiger partial charge in [-0.1, -0.05) is 42.0 Å². The molecular weight excluding hydrogens is 501 g/mol. The van der Waals surface area contributed by atoms with E-state index in [9.17, 15) is 22.4 Å². The van der Waals surface area contributed by atoms with Crippen molar-refractivity contribution in [2.24, 2.45) is 5.92 Å². The van der Waals surface area contributed by atoms with Crippen molar-refractivity contribution in [1.29, 1.82) is 0 Å². The molecule has 1 aliphatic heterocycles. The van der Waals surface area contributed by atoms with E-state index >= 15 is 0 Å². The second-order valence-electron chi connectivity index (χ2n) is 8.90. The summed E-state index contributed by atoms with van der Waals surface area (Å²) >= 11 is 0. The van der Waals surface area contributed by atoms with Crippen molar-refractivity contribution in [3.05, 3.63) is 95.3 Å². The third kappa shape index (κ3) is 6.33. The van der Waals surface area contributed by atoms with E-state index in [4.69, 9.17) is 9.29 Å². The van der Waals surface area contributed by atoms with Crippen LogP contribution in [-0.4, -0.2) is 24.8 Å². The summed E-state index contributed by atoms with van der Waals surface area (Å²) in [5.41, 5.74) is 3.10. The SMILES string of the molecule is CC(=O)OC(CCC1C(=O)N(c2ccc(F)cc2)C1c1ccc(OS(=O)(=O)O)cc1)c1ccc(C)cc1. The summed E-state index contributed by atoms with van der Waals surface area (Å²) in [6.45, 7) is 3.30. The molecule has 1 fully saturated rings. The van der Waals surface area contributed by atoms with E-state index in [2.05, 4.69) is 4.18 Å². The van der Waals surface area contributed by atoms with Gasteiger partial charge in [0.05, 0.1) is 12.0 Å². The summed E-state index contributed by atoms with van der Waals surface area (Å²) in [5.74, 6) is -1.58. The van der Waals surface area contributed by atoms with Crippen LogP contribution >= 0.6 is 0 Å². The molecule has 37 heavy (non-hydrogen) atoms. The van der Waals surface area contributed by atoms with Crippen LogP contribution in [0.5, 0.6) is 5.75 Å². The lowest BCUT2D eigenvalue weighted by molar-refractivity contribution is -0.147. The molecule has 8 nitrogen and oxygen atoms in total. The highest BCUT2D eigenvalue weighted by Gasteiger charge is 2.48. The monoisotopic (exact) mass is 527 g/mol. The van der Waals surface area contributed by atoms with E-state index in [1.807, 2.05) is 31.2 Å². The third-order valence-corrected chi connectivity index (χ3v) is 6.64. The van der Waals surface area contributed by atoms with Gasteiger partial charge in [0.2, 0.25) is 5.91 Å². The highest BCUT2D eigenvalue weighted by Crippen LogP contribution is 2.46. The fourth-order valence-electron chi connectivity index (χ4n) is 4.55. The van der Waals surface area contributed by atoms with Gasteiger partial charge in [0, 0.05) is 12.6 Å². The molecule has 3 unspecified atom stereocenters. The number of hydrogen-bond donors (Lipinski definition) is 1. The van der Waals surface area contributed by atoms with Crippen molar-refractivity contribution in [1.82, 2.24) is 0 Å². The minimum atomic E-state index is -4.68. The van der Waals surface area contributed by atoms with Gasteiger partial charge in [-0.05, 0) is 67.3 Å². The first-order chi connectivity index (χ1) is 17.5. The second kappa shape index (κ2) is 10.7. The van der Waals surface area contributed by atoms with Crippen molar-refractivity contribution in [3.63, 3.8) is 0 Å². The average molecular weight is 528 g/mol. The quantitative estimate of drug-likeness (QED) is 0.234. The van der Waals surface area contributed by atoms with Crippen LogP contribution in [0.1, 0.15) is 48.6 Å². The molecule has 3 aromatic rings. The minimum Gasteiger partial charge on any atom is -0.458 e. The predicted octanol–water partition coefficient (Wildman–Crippen LogP) is 5.10. The van der Waals surface area contributed by atoms with Crippen LogP contribution in [0.3, 0.4) is 0 Å². The van der Waals surface area contributed by atoms with Crippen LogP contribution in [0.4, 0.5) is 10.1 Å². The predicted molar refractivity (Wildman–Crippen MR) is 134 cm³/mol. The maximum Gasteiger partial charge on any atom is 0.446 e. The molecule has 1 aliphatic rings. The Morgan fingerprint density at radius 2 is 1.65 bits per heavy atom. The largest absolute Gasteiger partial charge is 0.458 e. The van der Waals surface area contributed by atoms with Crippen LogP contribution in [0.15, 0.2) is 72.8 Å². The zero-order valence-electron chi connectivity index (χ0n) is 20.2. The zero-order chi connectivity index (χ0) is 26.7. The highest BCUT2D eigenvalue weighted by atomic mass is 32.3. The fraction of sp³-hybridized carbons (Fsp3) is 0.259. The van der Waals surface area contributed by atoms with Crippen molar-refractivity contribution in [2.75, 3.05) is 4.90 Å². The zero-order valence-corrected chi connectivity index (χ0v) is 21.0. The molecule has 1 saturated heterocycles. The molecule has 1 N–H and O–H groups in total. The number of anilines is 1. The summed E-state index contributed by atoms with van der Waals surface area (Å²) in [5, 5.41) is 0. The summed E-state index contributed by atoms with van der Waals surface area (Å²) in [7, 11) is -4.68. The number of ether oxygens (including phenoxy) is 1. The topological polar surface area (TPSA) is 110 Å². The van der Waals surface area contributed by atoms with Gasteiger partial charge in [0.1, 0.15) is 17.7 Å². The third-order valence-electron chi connectivity index (χ3n) is 6.24. The van der Waals surface area contributed by atoms with Crippen molar-refractivity contribution in [3.8, 4) is 5.75 Å². The maximum atomic E-state index is 13.5. The lowest BCUT2D eigenvalue weighted by Gasteiger charge is -2.48. The van der Waals surface area contributed by atoms with Gasteiger partial charge in [0.15, 0.2) is 0 Å². The van der Waals surface area contributed by atoms with Gasteiger partial charge in [-0.15, -0.1) is 0 Å². The van der Waals surface area contributed by atoms with E-state index in [0.717, 1.165) is 11.1 Å². The molecule has 1 heterocycles. The molecular formula is C27H26FNO7S. The molecule has 3 aromatic carbocycles. The summed E-state index contributed by atoms with van der Waals surface area (Å²) in [6.07, 6.45) is 0.268. The maximum absolute atomic E-state index is 13.5. The van der Waals surface area contributed by atoms with E-state index in [1.165, 1.54) is 43.3 Å². The Morgan fingerprint density at radius 1 is 1.03 bits per heavy atom. The Hall–Kier alpha value is -3.76. The molecule has 0 saturated carbocycles. The first kappa shape index (κ1) is 26.3. The van der Waals surface area contributed by atoms with Crippen LogP contribution < -0.4 is 9.08 Å². The highest BCUT2D eigenvalue weighted by molar-refractivity contribution is 7.81. The molecule has 0 radical (unpaired) electrons. The fourth-order valence-corrected chi connectivity index (χ4v) is 4.90. The Labute approximate surface area is 214 Å². The number of hydrogen-bond acceptors (Lipinski definition) is 6. The van der Waals surface area contributed by atoms with E-state index in [1.54, 1.807) is 17.0 Å². The number of aryl methyl sites for hydroxylation is 1. The van der Waals surface area contributed by atoms with Gasteiger partial charge >= 0.3 is 16.4 Å².